The minimum atomic E-state index is -2.50. The number of aryl methyl sites for hydroxylation is 6. The fourth-order valence-corrected chi connectivity index (χ4v) is 8.66. The summed E-state index contributed by atoms with van der Waals surface area (Å²) >= 11 is 0. The van der Waals surface area contributed by atoms with Crippen molar-refractivity contribution >= 4 is 0 Å². The molecule has 3 nitrogen and oxygen atoms in total. The van der Waals surface area contributed by atoms with Gasteiger partial charge in [-0.3, -0.25) is 8.78 Å². The Morgan fingerprint density at radius 3 is 1.57 bits per heavy atom. The number of hydrogen-bond donors (Lipinski definition) is 0. The third-order valence-electron chi connectivity index (χ3n) is 12.3. The van der Waals surface area contributed by atoms with Gasteiger partial charge in [-0.2, -0.15) is 0 Å². The maximum atomic E-state index is 17.0. The van der Waals surface area contributed by atoms with Crippen molar-refractivity contribution in [2.45, 2.75) is 39.4 Å². The van der Waals surface area contributed by atoms with Crippen LogP contribution in [0.25, 0.3) is 78.3 Å². The molecule has 0 atom stereocenters. The van der Waals surface area contributed by atoms with E-state index in [2.05, 4.69) is 28.2 Å². The predicted molar refractivity (Wildman–Crippen MR) is 271 cm³/mol. The van der Waals surface area contributed by atoms with Gasteiger partial charge in [0.15, 0.2) is 0 Å². The van der Waals surface area contributed by atoms with Crippen molar-refractivity contribution in [3.8, 4) is 78.3 Å². The van der Waals surface area contributed by atoms with Gasteiger partial charge in [-0.05, 0) is 118 Å². The number of aromatic nitrogens is 3. The molecule has 0 spiro atoms. The van der Waals surface area contributed by atoms with Gasteiger partial charge in [-0.25, -0.2) is 4.39 Å². The van der Waals surface area contributed by atoms with Gasteiger partial charge in [0.2, 0.25) is 0 Å². The van der Waals surface area contributed by atoms with E-state index in [4.69, 9.17) is 13.2 Å². The topological polar surface area (TPSA) is 38.7 Å². The molecule has 10 rings (SSSR count). The van der Waals surface area contributed by atoms with Gasteiger partial charge in [0.05, 0.1) is 0 Å². The molecule has 0 saturated carbocycles. The Labute approximate surface area is 429 Å². The summed E-state index contributed by atoms with van der Waals surface area (Å²) in [5.41, 5.74) is 11.7. The Morgan fingerprint density at radius 2 is 1.00 bits per heavy atom. The Bertz CT molecular complexity index is 3520. The summed E-state index contributed by atoms with van der Waals surface area (Å²) in [7, 11) is 0. The van der Waals surface area contributed by atoms with Crippen LogP contribution in [0.5, 0.6) is 0 Å². The summed E-state index contributed by atoms with van der Waals surface area (Å²) < 4.78 is 95.5. The quantitative estimate of drug-likeness (QED) is 0.108. The summed E-state index contributed by atoms with van der Waals surface area (Å²) in [5.74, 6) is -1.42. The van der Waals surface area contributed by atoms with Crippen LogP contribution in [-0.4, -0.2) is 15.0 Å². The predicted octanol–water partition coefficient (Wildman–Crippen LogP) is 15.5. The molecular weight excluding hydrogens is 1050 g/mol. The van der Waals surface area contributed by atoms with Crippen LogP contribution in [0.3, 0.4) is 0 Å². The Hall–Kier alpha value is -7.57. The van der Waals surface area contributed by atoms with E-state index in [9.17, 15) is 8.78 Å². The molecule has 0 aliphatic heterocycles. The van der Waals surface area contributed by atoms with Crippen molar-refractivity contribution in [2.24, 2.45) is 0 Å². The molecule has 0 saturated heterocycles. The second-order valence-corrected chi connectivity index (χ2v) is 16.8. The van der Waals surface area contributed by atoms with E-state index < -0.39 is 31.2 Å². The van der Waals surface area contributed by atoms with E-state index in [1.54, 1.807) is 12.3 Å². The maximum Gasteiger partial charge on any atom is 3.00 e. The van der Waals surface area contributed by atoms with Crippen LogP contribution in [0, 0.1) is 49.4 Å². The monoisotopic (exact) mass is 1100 g/mol. The molecule has 0 bridgehead atoms. The minimum absolute atomic E-state index is 0. The molecule has 0 fully saturated rings. The number of pyridine rings is 3. The first-order valence-corrected chi connectivity index (χ1v) is 22.5. The molecule has 7 aromatic carbocycles. The molecule has 3 heterocycles. The fourth-order valence-electron chi connectivity index (χ4n) is 8.66. The Balaban J connectivity index is 0.00000706. The largest absolute Gasteiger partial charge is 3.00 e. The fraction of sp³-hybridized carbons (Fsp3) is 0.0952. The van der Waals surface area contributed by atoms with Crippen molar-refractivity contribution in [2.75, 3.05) is 0 Å². The Kier molecular flexibility index (Phi) is 12.3. The van der Waals surface area contributed by atoms with Crippen molar-refractivity contribution < 1.29 is 41.5 Å². The summed E-state index contributed by atoms with van der Waals surface area (Å²) in [5, 5.41) is 0. The Morgan fingerprint density at radius 1 is 0.443 bits per heavy atom. The maximum absolute atomic E-state index is 17.0. The van der Waals surface area contributed by atoms with Gasteiger partial charge >= 0.3 is 20.1 Å². The zero-order valence-corrected chi connectivity index (χ0v) is 39.9. The molecule has 0 aliphatic carbocycles. The van der Waals surface area contributed by atoms with Crippen LogP contribution in [0.15, 0.2) is 188 Å². The van der Waals surface area contributed by atoms with E-state index in [1.807, 2.05) is 109 Å². The second-order valence-electron chi connectivity index (χ2n) is 16.8. The SMILES string of the molecule is [2H]C([2H])([2H])c1cc(-c2[c-]cc(F)cc2)ncc1CCc1cc(CCc2cnc(-c3[c-]cc(F)cc3)cc2C([2H])([2H])[2H])cc(-c2cccc(F)c2-c2cnc(-c3[c-]cccc3)cc2-c2ccc(-c3ccccc3)cc2)c1.[Ir+3]. The zero-order chi connectivity index (χ0) is 52.3. The number of rotatable bonds is 13. The number of nitrogens with zero attached hydrogens (tertiary/aromatic N) is 3. The number of benzene rings is 7. The first-order valence-electron chi connectivity index (χ1n) is 25.5. The van der Waals surface area contributed by atoms with E-state index in [0.717, 1.165) is 38.9 Å². The summed E-state index contributed by atoms with van der Waals surface area (Å²) in [6.07, 6.45) is 6.03. The van der Waals surface area contributed by atoms with Crippen LogP contribution in [0.2, 0.25) is 0 Å². The molecule has 7 heteroatoms. The molecule has 0 amide bonds. The normalized spacial score (nSPS) is 12.7. The average Bonchev–Trinajstić information content (AvgIpc) is 3.44. The molecule has 0 unspecified atom stereocenters. The average molecular weight is 1100 g/mol. The van der Waals surface area contributed by atoms with Crippen LogP contribution in [0.1, 0.15) is 41.6 Å². The first kappa shape index (κ1) is 40.3. The minimum Gasteiger partial charge on any atom is -0.304 e. The molecule has 70 heavy (non-hydrogen) atoms. The van der Waals surface area contributed by atoms with E-state index in [-0.39, 0.29) is 44.1 Å². The van der Waals surface area contributed by atoms with Gasteiger partial charge in [0.1, 0.15) is 5.82 Å². The van der Waals surface area contributed by atoms with Crippen LogP contribution < -0.4 is 0 Å². The van der Waals surface area contributed by atoms with Crippen molar-refractivity contribution in [3.05, 3.63) is 257 Å². The van der Waals surface area contributed by atoms with E-state index >= 15 is 4.39 Å². The third kappa shape index (κ3) is 10.7. The van der Waals surface area contributed by atoms with Crippen LogP contribution in [0.4, 0.5) is 13.2 Å². The molecular formula is C63H45F3IrN3. The van der Waals surface area contributed by atoms with Gasteiger partial charge in [-0.1, -0.05) is 114 Å². The van der Waals surface area contributed by atoms with E-state index in [0.29, 0.717) is 74.4 Å². The number of hydrogen-bond acceptors (Lipinski definition) is 3. The molecule has 0 radical (unpaired) electrons. The first-order chi connectivity index (χ1) is 36.1. The molecule has 3 aromatic heterocycles. The zero-order valence-electron chi connectivity index (χ0n) is 43.5. The van der Waals surface area contributed by atoms with Crippen molar-refractivity contribution in [3.63, 3.8) is 0 Å². The van der Waals surface area contributed by atoms with Gasteiger partial charge in [0.25, 0.3) is 0 Å². The smallest absolute Gasteiger partial charge is 0.304 e. The summed E-state index contributed by atoms with van der Waals surface area (Å²) in [4.78, 5) is 14.0. The molecule has 10 aromatic rings. The third-order valence-corrected chi connectivity index (χ3v) is 12.3. The van der Waals surface area contributed by atoms with Crippen LogP contribution >= 0.6 is 0 Å². The van der Waals surface area contributed by atoms with Crippen LogP contribution in [-0.2, 0) is 45.8 Å². The molecule has 0 aliphatic rings. The van der Waals surface area contributed by atoms with E-state index in [1.165, 1.54) is 67.0 Å². The number of halogens is 3. The van der Waals surface area contributed by atoms with Crippen molar-refractivity contribution in [1.82, 2.24) is 15.0 Å². The van der Waals surface area contributed by atoms with Gasteiger partial charge in [0, 0.05) is 49.6 Å². The van der Waals surface area contributed by atoms with Crippen molar-refractivity contribution in [1.29, 1.82) is 0 Å². The standard InChI is InChI=1S/C63H45F3N3.Ir/c1-41-32-60(49-24-28-54(64)29-25-49)67-38-51(41)18-16-43-34-44(17-19-52-39-68-61(33-42(52)2)50-26-30-55(65)31-27-50)36-53(35-43)56-14-9-15-59(66)63(56)58-40-69-62(48-12-7-4-8-13-48)37-57(58)47-22-20-46(21-23-47)45-10-5-3-6-11-45;/h3-12,14-15,20-24,26,28-40H,16-19H2,1-2H3;/q-3;+3/i1D3,2D3;. The molecule has 342 valence electrons. The summed E-state index contributed by atoms with van der Waals surface area (Å²) in [6, 6.07) is 58.5. The molecule has 0 N–H and O–H groups in total. The van der Waals surface area contributed by atoms with Gasteiger partial charge in [-0.15, -0.1) is 95.6 Å². The summed E-state index contributed by atoms with van der Waals surface area (Å²) in [6.45, 7) is -5.01. The second kappa shape index (κ2) is 21.4. The van der Waals surface area contributed by atoms with Gasteiger partial charge < -0.3 is 15.0 Å².